The Bertz CT molecular complexity index is 320. The van der Waals surface area contributed by atoms with Crippen molar-refractivity contribution >= 4 is 5.78 Å². The van der Waals surface area contributed by atoms with E-state index in [-0.39, 0.29) is 5.92 Å². The van der Waals surface area contributed by atoms with Gasteiger partial charge in [0.15, 0.2) is 5.78 Å². The van der Waals surface area contributed by atoms with Crippen LogP contribution >= 0.6 is 0 Å². The number of fused-ring (bicyclic) bond motifs is 1. The van der Waals surface area contributed by atoms with Crippen molar-refractivity contribution in [2.24, 2.45) is 5.92 Å². The molecular weight excluding hydrogens is 172 g/mol. The zero-order valence-electron chi connectivity index (χ0n) is 9.10. The van der Waals surface area contributed by atoms with E-state index in [4.69, 9.17) is 0 Å². The van der Waals surface area contributed by atoms with E-state index >= 15 is 0 Å². The van der Waals surface area contributed by atoms with E-state index in [1.54, 1.807) is 0 Å². The fraction of sp³-hybridized carbons (Fsp3) is 0.615. The van der Waals surface area contributed by atoms with Gasteiger partial charge in [-0.25, -0.2) is 0 Å². The zero-order chi connectivity index (χ0) is 10.1. The molecule has 0 aromatic carbocycles. The Morgan fingerprint density at radius 2 is 2.21 bits per heavy atom. The molecule has 0 saturated carbocycles. The number of carbonyl (C=O) groups excluding carboxylic acids is 1. The predicted molar refractivity (Wildman–Crippen MR) is 58.0 cm³/mol. The fourth-order valence-electron chi connectivity index (χ4n) is 2.77. The van der Waals surface area contributed by atoms with Gasteiger partial charge in [-0.3, -0.25) is 4.79 Å². The van der Waals surface area contributed by atoms with Gasteiger partial charge in [0.05, 0.1) is 0 Å². The number of allylic oxidation sites excluding steroid dienone is 4. The average molecular weight is 190 g/mol. The summed E-state index contributed by atoms with van der Waals surface area (Å²) in [5.74, 6) is 0.624. The van der Waals surface area contributed by atoms with Gasteiger partial charge in [-0.15, -0.1) is 0 Å². The van der Waals surface area contributed by atoms with Gasteiger partial charge >= 0.3 is 0 Å². The Morgan fingerprint density at radius 1 is 1.43 bits per heavy atom. The highest BCUT2D eigenvalue weighted by Gasteiger charge is 2.35. The van der Waals surface area contributed by atoms with Gasteiger partial charge in [-0.2, -0.15) is 0 Å². The molecule has 0 bridgehead atoms. The molecule has 0 amide bonds. The van der Waals surface area contributed by atoms with Crippen molar-refractivity contribution in [3.63, 3.8) is 0 Å². The highest BCUT2D eigenvalue weighted by molar-refractivity contribution is 6.04. The molecule has 0 N–H and O–H groups in total. The van der Waals surface area contributed by atoms with Crippen LogP contribution in [0, 0.1) is 5.92 Å². The van der Waals surface area contributed by atoms with Gasteiger partial charge in [0.1, 0.15) is 0 Å². The van der Waals surface area contributed by atoms with Crippen LogP contribution in [0.1, 0.15) is 46.0 Å². The number of ketones is 1. The van der Waals surface area contributed by atoms with Crippen LogP contribution in [0.3, 0.4) is 0 Å². The van der Waals surface area contributed by atoms with Crippen molar-refractivity contribution in [3.8, 4) is 0 Å². The van der Waals surface area contributed by atoms with Crippen molar-refractivity contribution in [3.05, 3.63) is 22.8 Å². The van der Waals surface area contributed by atoms with Crippen LogP contribution in [-0.4, -0.2) is 5.78 Å². The van der Waals surface area contributed by atoms with E-state index in [2.05, 4.69) is 19.9 Å². The minimum Gasteiger partial charge on any atom is -0.294 e. The number of rotatable bonds is 2. The molecule has 0 spiro atoms. The minimum absolute atomic E-state index is 0.209. The molecule has 0 aromatic rings. The monoisotopic (exact) mass is 190 g/mol. The first-order chi connectivity index (χ1) is 6.79. The lowest BCUT2D eigenvalue weighted by molar-refractivity contribution is -0.117. The maximum atomic E-state index is 12.0. The number of hydrogen-bond acceptors (Lipinski definition) is 1. The lowest BCUT2D eigenvalue weighted by atomic mass is 9.88. The molecule has 0 aliphatic heterocycles. The molecule has 2 aliphatic carbocycles. The van der Waals surface area contributed by atoms with E-state index in [0.717, 1.165) is 24.8 Å². The average Bonchev–Trinajstić information content (AvgIpc) is 2.49. The Kier molecular flexibility index (Phi) is 2.58. The Labute approximate surface area is 85.9 Å². The lowest BCUT2D eigenvalue weighted by Gasteiger charge is -2.15. The summed E-state index contributed by atoms with van der Waals surface area (Å²) in [6, 6.07) is 0. The molecule has 76 valence electrons. The van der Waals surface area contributed by atoms with Gasteiger partial charge in [-0.1, -0.05) is 19.9 Å². The quantitative estimate of drug-likeness (QED) is 0.652. The van der Waals surface area contributed by atoms with Crippen molar-refractivity contribution in [2.75, 3.05) is 0 Å². The van der Waals surface area contributed by atoms with Crippen LogP contribution in [-0.2, 0) is 4.79 Å². The molecule has 1 atom stereocenters. The van der Waals surface area contributed by atoms with E-state index in [1.165, 1.54) is 24.0 Å². The molecular formula is C13H18O. The molecule has 2 rings (SSSR count). The van der Waals surface area contributed by atoms with Crippen LogP contribution in [0.5, 0.6) is 0 Å². The number of carbonyl (C=O) groups is 1. The van der Waals surface area contributed by atoms with E-state index < -0.39 is 0 Å². The summed E-state index contributed by atoms with van der Waals surface area (Å²) in [6.45, 7) is 4.22. The van der Waals surface area contributed by atoms with Crippen LogP contribution in [0.4, 0.5) is 0 Å². The summed E-state index contributed by atoms with van der Waals surface area (Å²) in [4.78, 5) is 12.0. The van der Waals surface area contributed by atoms with Crippen molar-refractivity contribution < 1.29 is 4.79 Å². The van der Waals surface area contributed by atoms with Crippen LogP contribution < -0.4 is 0 Å². The van der Waals surface area contributed by atoms with Crippen LogP contribution in [0.2, 0.25) is 0 Å². The fourth-order valence-corrected chi connectivity index (χ4v) is 2.77. The molecule has 2 aliphatic rings. The third-order valence-corrected chi connectivity index (χ3v) is 3.46. The molecule has 0 saturated heterocycles. The van der Waals surface area contributed by atoms with Gasteiger partial charge in [0.25, 0.3) is 0 Å². The second kappa shape index (κ2) is 3.72. The predicted octanol–water partition coefficient (Wildman–Crippen LogP) is 3.41. The first kappa shape index (κ1) is 9.70. The standard InChI is InChI=1S/C13H18O/c1-3-9-11-7-5-6-8-12(11)10(4-2)13(9)14/h7,9H,3-6,8H2,1-2H3. The smallest absolute Gasteiger partial charge is 0.166 e. The summed E-state index contributed by atoms with van der Waals surface area (Å²) in [5, 5.41) is 0. The van der Waals surface area contributed by atoms with Crippen LogP contribution in [0.25, 0.3) is 0 Å². The Balaban J connectivity index is 2.44. The maximum Gasteiger partial charge on any atom is 0.166 e. The summed E-state index contributed by atoms with van der Waals surface area (Å²) >= 11 is 0. The van der Waals surface area contributed by atoms with Gasteiger partial charge in [0, 0.05) is 5.92 Å². The zero-order valence-corrected chi connectivity index (χ0v) is 9.10. The van der Waals surface area contributed by atoms with Gasteiger partial charge in [-0.05, 0) is 48.8 Å². The number of Topliss-reactive ketones (excluding diaryl/α,β-unsaturated/α-hetero) is 1. The van der Waals surface area contributed by atoms with E-state index in [1.807, 2.05) is 0 Å². The molecule has 14 heavy (non-hydrogen) atoms. The largest absolute Gasteiger partial charge is 0.294 e. The first-order valence-corrected chi connectivity index (χ1v) is 5.76. The van der Waals surface area contributed by atoms with Crippen molar-refractivity contribution in [1.82, 2.24) is 0 Å². The summed E-state index contributed by atoms with van der Waals surface area (Å²) in [6.07, 6.45) is 7.72. The SMILES string of the molecule is CCC1=C2CCCC=C2C(CC)C1=O. The molecule has 0 heterocycles. The number of hydrogen-bond donors (Lipinski definition) is 0. The van der Waals surface area contributed by atoms with Crippen molar-refractivity contribution in [1.29, 1.82) is 0 Å². The topological polar surface area (TPSA) is 17.1 Å². The molecule has 1 nitrogen and oxygen atoms in total. The highest BCUT2D eigenvalue weighted by atomic mass is 16.1. The minimum atomic E-state index is 0.209. The van der Waals surface area contributed by atoms with E-state index in [0.29, 0.717) is 5.78 Å². The Morgan fingerprint density at radius 3 is 2.86 bits per heavy atom. The van der Waals surface area contributed by atoms with Gasteiger partial charge in [0.2, 0.25) is 0 Å². The normalized spacial score (nSPS) is 26.6. The van der Waals surface area contributed by atoms with Crippen LogP contribution in [0.15, 0.2) is 22.8 Å². The lowest BCUT2D eigenvalue weighted by Crippen LogP contribution is -2.10. The third-order valence-electron chi connectivity index (χ3n) is 3.46. The second-order valence-electron chi connectivity index (χ2n) is 4.19. The second-order valence-corrected chi connectivity index (χ2v) is 4.19. The van der Waals surface area contributed by atoms with E-state index in [9.17, 15) is 4.79 Å². The molecule has 0 fully saturated rings. The Hall–Kier alpha value is -0.850. The summed E-state index contributed by atoms with van der Waals surface area (Å²) in [7, 11) is 0. The molecule has 0 radical (unpaired) electrons. The maximum absolute atomic E-state index is 12.0. The molecule has 1 unspecified atom stereocenters. The summed E-state index contributed by atoms with van der Waals surface area (Å²) in [5.41, 5.74) is 3.90. The highest BCUT2D eigenvalue weighted by Crippen LogP contribution is 2.42. The molecule has 0 aromatic heterocycles. The summed E-state index contributed by atoms with van der Waals surface area (Å²) < 4.78 is 0. The van der Waals surface area contributed by atoms with Gasteiger partial charge < -0.3 is 0 Å². The third kappa shape index (κ3) is 1.26. The van der Waals surface area contributed by atoms with Crippen molar-refractivity contribution in [2.45, 2.75) is 46.0 Å². The molecule has 1 heteroatoms. The first-order valence-electron chi connectivity index (χ1n) is 5.76.